The van der Waals surface area contributed by atoms with Crippen molar-refractivity contribution in [3.8, 4) is 5.75 Å². The Kier molecular flexibility index (Phi) is 3.36. The van der Waals surface area contributed by atoms with E-state index in [1.807, 2.05) is 6.92 Å². The molecule has 0 bridgehead atoms. The minimum atomic E-state index is -0.529. The van der Waals surface area contributed by atoms with Crippen LogP contribution in [0.2, 0.25) is 5.02 Å². The maximum absolute atomic E-state index is 11.1. The number of aryl methyl sites for hydroxylation is 1. The van der Waals surface area contributed by atoms with Crippen molar-refractivity contribution in [2.75, 3.05) is 7.11 Å². The molecule has 0 saturated heterocycles. The summed E-state index contributed by atoms with van der Waals surface area (Å²) in [5, 5.41) is 0.417. The van der Waals surface area contributed by atoms with E-state index in [9.17, 15) is 4.79 Å². The Hall–Kier alpha value is -1.22. The average molecular weight is 214 g/mol. The maximum atomic E-state index is 11.1. The van der Waals surface area contributed by atoms with Crippen LogP contribution in [0.5, 0.6) is 5.75 Å². The number of rotatable bonds is 3. The minimum Gasteiger partial charge on any atom is -0.494 e. The molecule has 0 aliphatic rings. The fourth-order valence-corrected chi connectivity index (χ4v) is 1.56. The highest BCUT2D eigenvalue weighted by molar-refractivity contribution is 6.32. The second-order valence-electron chi connectivity index (χ2n) is 2.88. The number of benzene rings is 1. The van der Waals surface area contributed by atoms with Gasteiger partial charge in [0.1, 0.15) is 5.75 Å². The molecule has 0 spiro atoms. The lowest BCUT2D eigenvalue weighted by Gasteiger charge is -2.09. The van der Waals surface area contributed by atoms with E-state index < -0.39 is 5.91 Å². The molecule has 0 atom stereocenters. The van der Waals surface area contributed by atoms with Crippen LogP contribution in [0, 0.1) is 0 Å². The Morgan fingerprint density at radius 1 is 1.57 bits per heavy atom. The third-order valence-corrected chi connectivity index (χ3v) is 2.26. The summed E-state index contributed by atoms with van der Waals surface area (Å²) in [7, 11) is 1.46. The minimum absolute atomic E-state index is 0.330. The Morgan fingerprint density at radius 3 is 2.64 bits per heavy atom. The second kappa shape index (κ2) is 4.33. The Bertz CT molecular complexity index is 363. The van der Waals surface area contributed by atoms with Gasteiger partial charge in [-0.15, -0.1) is 0 Å². The van der Waals surface area contributed by atoms with Gasteiger partial charge >= 0.3 is 0 Å². The fraction of sp³-hybridized carbons (Fsp3) is 0.300. The summed E-state index contributed by atoms with van der Waals surface area (Å²) in [6.45, 7) is 1.98. The number of halogens is 1. The first-order valence-electron chi connectivity index (χ1n) is 4.26. The molecule has 0 aromatic heterocycles. The molecule has 14 heavy (non-hydrogen) atoms. The Balaban J connectivity index is 3.35. The number of nitrogens with two attached hydrogens (primary N) is 1. The van der Waals surface area contributed by atoms with Crippen LogP contribution in [0.15, 0.2) is 12.1 Å². The lowest BCUT2D eigenvalue weighted by Crippen LogP contribution is -2.13. The third-order valence-electron chi connectivity index (χ3n) is 1.98. The molecule has 0 unspecified atom stereocenters. The van der Waals surface area contributed by atoms with Crippen LogP contribution in [0.4, 0.5) is 0 Å². The standard InChI is InChI=1S/C10H12ClNO2/c1-3-6-4-7(10(12)13)9(14-2)8(11)5-6/h4-5H,3H2,1-2H3,(H2,12,13). The number of carbonyl (C=O) groups excluding carboxylic acids is 1. The van der Waals surface area contributed by atoms with Crippen LogP contribution in [0.25, 0.3) is 0 Å². The quantitative estimate of drug-likeness (QED) is 0.835. The molecule has 1 aromatic carbocycles. The number of carbonyl (C=O) groups is 1. The van der Waals surface area contributed by atoms with Crippen LogP contribution in [-0.4, -0.2) is 13.0 Å². The van der Waals surface area contributed by atoms with Gasteiger partial charge in [0.15, 0.2) is 0 Å². The van der Waals surface area contributed by atoms with Gasteiger partial charge in [-0.1, -0.05) is 18.5 Å². The lowest BCUT2D eigenvalue weighted by atomic mass is 10.1. The summed E-state index contributed by atoms with van der Waals surface area (Å²) in [4.78, 5) is 11.1. The number of ether oxygens (including phenoxy) is 1. The van der Waals surface area contributed by atoms with Crippen molar-refractivity contribution in [1.82, 2.24) is 0 Å². The van der Waals surface area contributed by atoms with Crippen molar-refractivity contribution < 1.29 is 9.53 Å². The van der Waals surface area contributed by atoms with Crippen molar-refractivity contribution in [2.24, 2.45) is 5.73 Å². The van der Waals surface area contributed by atoms with E-state index in [1.165, 1.54) is 7.11 Å². The van der Waals surface area contributed by atoms with E-state index in [-0.39, 0.29) is 0 Å². The highest BCUT2D eigenvalue weighted by Gasteiger charge is 2.13. The first-order valence-corrected chi connectivity index (χ1v) is 4.64. The number of methoxy groups -OCH3 is 1. The first kappa shape index (κ1) is 10.9. The average Bonchev–Trinajstić information content (AvgIpc) is 2.16. The normalized spacial score (nSPS) is 9.93. The van der Waals surface area contributed by atoms with Gasteiger partial charge in [-0.2, -0.15) is 0 Å². The molecular weight excluding hydrogens is 202 g/mol. The Labute approximate surface area is 87.8 Å². The molecule has 2 N–H and O–H groups in total. The zero-order valence-electron chi connectivity index (χ0n) is 8.13. The third kappa shape index (κ3) is 1.99. The molecule has 3 nitrogen and oxygen atoms in total. The van der Waals surface area contributed by atoms with Crippen molar-refractivity contribution in [1.29, 1.82) is 0 Å². The smallest absolute Gasteiger partial charge is 0.252 e. The molecule has 1 aromatic rings. The van der Waals surface area contributed by atoms with Crippen LogP contribution >= 0.6 is 11.6 Å². The summed E-state index contributed by atoms with van der Waals surface area (Å²) in [6.07, 6.45) is 0.796. The molecule has 0 radical (unpaired) electrons. The number of hydrogen-bond donors (Lipinski definition) is 1. The second-order valence-corrected chi connectivity index (χ2v) is 3.28. The predicted octanol–water partition coefficient (Wildman–Crippen LogP) is 2.01. The summed E-state index contributed by atoms with van der Waals surface area (Å²) >= 11 is 5.92. The molecular formula is C10H12ClNO2. The van der Waals surface area contributed by atoms with Crippen molar-refractivity contribution in [2.45, 2.75) is 13.3 Å². The zero-order chi connectivity index (χ0) is 10.7. The molecule has 1 amide bonds. The van der Waals surface area contributed by atoms with Crippen LogP contribution < -0.4 is 10.5 Å². The largest absolute Gasteiger partial charge is 0.494 e. The van der Waals surface area contributed by atoms with E-state index in [4.69, 9.17) is 22.1 Å². The van der Waals surface area contributed by atoms with E-state index >= 15 is 0 Å². The van der Waals surface area contributed by atoms with Crippen LogP contribution in [0.3, 0.4) is 0 Å². The lowest BCUT2D eigenvalue weighted by molar-refractivity contribution is 0.0997. The first-order chi connectivity index (χ1) is 6.60. The maximum Gasteiger partial charge on any atom is 0.252 e. The predicted molar refractivity (Wildman–Crippen MR) is 55.9 cm³/mol. The van der Waals surface area contributed by atoms with Crippen LogP contribution in [0.1, 0.15) is 22.8 Å². The van der Waals surface area contributed by atoms with Gasteiger partial charge in [-0.3, -0.25) is 4.79 Å². The van der Waals surface area contributed by atoms with Gasteiger partial charge in [0.2, 0.25) is 0 Å². The van der Waals surface area contributed by atoms with Crippen molar-refractivity contribution in [3.63, 3.8) is 0 Å². The van der Waals surface area contributed by atoms with Gasteiger partial charge in [0, 0.05) is 0 Å². The molecule has 0 heterocycles. The van der Waals surface area contributed by atoms with Gasteiger partial charge in [0.25, 0.3) is 5.91 Å². The van der Waals surface area contributed by atoms with Gasteiger partial charge < -0.3 is 10.5 Å². The molecule has 4 heteroatoms. The van der Waals surface area contributed by atoms with Crippen LogP contribution in [-0.2, 0) is 6.42 Å². The summed E-state index contributed by atoms with van der Waals surface area (Å²) in [6, 6.07) is 3.47. The SMILES string of the molecule is CCc1cc(Cl)c(OC)c(C(N)=O)c1. The van der Waals surface area contributed by atoms with Gasteiger partial charge in [-0.25, -0.2) is 0 Å². The zero-order valence-corrected chi connectivity index (χ0v) is 8.89. The molecule has 76 valence electrons. The van der Waals surface area contributed by atoms with Gasteiger partial charge in [0.05, 0.1) is 17.7 Å². The van der Waals surface area contributed by atoms with E-state index in [0.29, 0.717) is 16.3 Å². The molecule has 0 aliphatic heterocycles. The molecule has 0 aliphatic carbocycles. The highest BCUT2D eigenvalue weighted by Crippen LogP contribution is 2.30. The Morgan fingerprint density at radius 2 is 2.21 bits per heavy atom. The summed E-state index contributed by atoms with van der Waals surface area (Å²) in [5.41, 5.74) is 6.50. The molecule has 1 rings (SSSR count). The van der Waals surface area contributed by atoms with E-state index in [0.717, 1.165) is 12.0 Å². The number of amides is 1. The summed E-state index contributed by atoms with van der Waals surface area (Å²) < 4.78 is 5.00. The van der Waals surface area contributed by atoms with E-state index in [2.05, 4.69) is 0 Å². The highest BCUT2D eigenvalue weighted by atomic mass is 35.5. The molecule has 0 saturated carbocycles. The molecule has 0 fully saturated rings. The fourth-order valence-electron chi connectivity index (χ4n) is 1.24. The monoisotopic (exact) mass is 213 g/mol. The van der Waals surface area contributed by atoms with Crippen molar-refractivity contribution >= 4 is 17.5 Å². The van der Waals surface area contributed by atoms with E-state index in [1.54, 1.807) is 12.1 Å². The van der Waals surface area contributed by atoms with Gasteiger partial charge in [-0.05, 0) is 24.1 Å². The topological polar surface area (TPSA) is 52.3 Å². The number of hydrogen-bond acceptors (Lipinski definition) is 2. The summed E-state index contributed by atoms with van der Waals surface area (Å²) in [5.74, 6) is -0.185. The number of primary amides is 1. The van der Waals surface area contributed by atoms with Crippen molar-refractivity contribution in [3.05, 3.63) is 28.3 Å².